The van der Waals surface area contributed by atoms with Crippen LogP contribution in [-0.4, -0.2) is 37.5 Å². The fraction of sp³-hybridized carbons (Fsp3) is 0.538. The van der Waals surface area contributed by atoms with Crippen molar-refractivity contribution in [3.63, 3.8) is 0 Å². The van der Waals surface area contributed by atoms with Gasteiger partial charge >= 0.3 is 0 Å². The van der Waals surface area contributed by atoms with Crippen molar-refractivity contribution in [1.29, 1.82) is 0 Å². The van der Waals surface area contributed by atoms with E-state index >= 15 is 0 Å². The van der Waals surface area contributed by atoms with Gasteiger partial charge in [0.2, 0.25) is 10.0 Å². The topological polar surface area (TPSA) is 83.6 Å². The molecule has 2 rings (SSSR count). The molecular formula is C13H20N2O3S. The molecule has 19 heavy (non-hydrogen) atoms. The van der Waals surface area contributed by atoms with Gasteiger partial charge in [-0.05, 0) is 43.4 Å². The molecule has 3 N–H and O–H groups in total. The summed E-state index contributed by atoms with van der Waals surface area (Å²) in [6.45, 7) is 2.88. The zero-order valence-electron chi connectivity index (χ0n) is 11.0. The van der Waals surface area contributed by atoms with Crippen molar-refractivity contribution in [2.45, 2.75) is 24.7 Å². The van der Waals surface area contributed by atoms with Crippen LogP contribution in [0.2, 0.25) is 0 Å². The zero-order valence-corrected chi connectivity index (χ0v) is 11.9. The van der Waals surface area contributed by atoms with E-state index in [1.54, 1.807) is 19.1 Å². The second kappa shape index (κ2) is 5.48. The van der Waals surface area contributed by atoms with E-state index < -0.39 is 10.0 Å². The number of nitrogens with two attached hydrogens (primary N) is 1. The Hall–Kier alpha value is -1.11. The van der Waals surface area contributed by atoms with Crippen molar-refractivity contribution in [3.8, 4) is 0 Å². The van der Waals surface area contributed by atoms with Gasteiger partial charge in [-0.25, -0.2) is 8.42 Å². The number of hydrogen-bond donors (Lipinski definition) is 2. The number of sulfonamides is 1. The normalized spacial score (nSPS) is 20.8. The lowest BCUT2D eigenvalue weighted by atomic mass is 10.1. The van der Waals surface area contributed by atoms with E-state index in [1.165, 1.54) is 10.4 Å². The fourth-order valence-electron chi connectivity index (χ4n) is 2.47. The molecule has 0 saturated carbocycles. The minimum atomic E-state index is -3.47. The van der Waals surface area contributed by atoms with Crippen LogP contribution in [0.4, 0.5) is 5.69 Å². The first-order chi connectivity index (χ1) is 8.95. The molecule has 1 atom stereocenters. The number of anilines is 1. The van der Waals surface area contributed by atoms with Gasteiger partial charge in [0.15, 0.2) is 0 Å². The number of nitrogens with zero attached hydrogens (tertiary/aromatic N) is 1. The highest BCUT2D eigenvalue weighted by Crippen LogP contribution is 2.28. The van der Waals surface area contributed by atoms with Crippen molar-refractivity contribution in [2.75, 3.05) is 25.4 Å². The lowest BCUT2D eigenvalue weighted by molar-refractivity contribution is 0.259. The Kier molecular flexibility index (Phi) is 4.13. The highest BCUT2D eigenvalue weighted by molar-refractivity contribution is 7.89. The molecule has 1 aromatic carbocycles. The van der Waals surface area contributed by atoms with Crippen LogP contribution >= 0.6 is 0 Å². The van der Waals surface area contributed by atoms with E-state index in [4.69, 9.17) is 10.8 Å². The lowest BCUT2D eigenvalue weighted by Gasteiger charge is -2.18. The van der Waals surface area contributed by atoms with Gasteiger partial charge in [0, 0.05) is 25.4 Å². The van der Waals surface area contributed by atoms with Gasteiger partial charge in [0.05, 0.1) is 4.90 Å². The van der Waals surface area contributed by atoms with Crippen LogP contribution in [0.3, 0.4) is 0 Å². The molecule has 5 nitrogen and oxygen atoms in total. The quantitative estimate of drug-likeness (QED) is 0.807. The molecule has 1 aliphatic rings. The van der Waals surface area contributed by atoms with Crippen molar-refractivity contribution < 1.29 is 13.5 Å². The van der Waals surface area contributed by atoms with Crippen LogP contribution in [-0.2, 0) is 10.0 Å². The Bertz CT molecular complexity index is 557. The molecular weight excluding hydrogens is 264 g/mol. The minimum absolute atomic E-state index is 0.107. The smallest absolute Gasteiger partial charge is 0.243 e. The number of aryl methyl sites for hydroxylation is 1. The summed E-state index contributed by atoms with van der Waals surface area (Å²) < 4.78 is 26.6. The third-order valence-electron chi connectivity index (χ3n) is 3.62. The molecule has 1 unspecified atom stereocenters. The van der Waals surface area contributed by atoms with Gasteiger partial charge in [0.1, 0.15) is 0 Å². The van der Waals surface area contributed by atoms with Crippen LogP contribution in [0.25, 0.3) is 0 Å². The molecule has 1 saturated heterocycles. The number of aliphatic hydroxyl groups excluding tert-OH is 1. The van der Waals surface area contributed by atoms with Crippen LogP contribution in [0.1, 0.15) is 18.4 Å². The Morgan fingerprint density at radius 3 is 2.89 bits per heavy atom. The summed E-state index contributed by atoms with van der Waals surface area (Å²) in [5.74, 6) is 0.251. The van der Waals surface area contributed by atoms with Gasteiger partial charge in [-0.15, -0.1) is 0 Å². The average molecular weight is 284 g/mol. The summed E-state index contributed by atoms with van der Waals surface area (Å²) in [5, 5.41) is 8.93. The van der Waals surface area contributed by atoms with Crippen molar-refractivity contribution in [2.24, 2.45) is 5.92 Å². The van der Waals surface area contributed by atoms with Gasteiger partial charge in [-0.1, -0.05) is 6.07 Å². The molecule has 0 spiro atoms. The molecule has 0 radical (unpaired) electrons. The molecule has 6 heteroatoms. The SMILES string of the molecule is Cc1ccc(N)cc1S(=O)(=O)N1CCC(CCO)C1. The van der Waals surface area contributed by atoms with Gasteiger partial charge < -0.3 is 10.8 Å². The first-order valence-corrected chi connectivity index (χ1v) is 7.86. The highest BCUT2D eigenvalue weighted by atomic mass is 32.2. The molecule has 0 amide bonds. The van der Waals surface area contributed by atoms with Crippen molar-refractivity contribution in [3.05, 3.63) is 23.8 Å². The molecule has 0 bridgehead atoms. The first-order valence-electron chi connectivity index (χ1n) is 6.42. The van der Waals surface area contributed by atoms with Crippen molar-refractivity contribution in [1.82, 2.24) is 4.31 Å². The molecule has 1 aromatic rings. The minimum Gasteiger partial charge on any atom is -0.399 e. The number of hydrogen-bond acceptors (Lipinski definition) is 4. The molecule has 0 aliphatic carbocycles. The largest absolute Gasteiger partial charge is 0.399 e. The monoisotopic (exact) mass is 284 g/mol. The van der Waals surface area contributed by atoms with Crippen LogP contribution in [0.15, 0.2) is 23.1 Å². The van der Waals surface area contributed by atoms with Crippen molar-refractivity contribution >= 4 is 15.7 Å². The van der Waals surface area contributed by atoms with Crippen LogP contribution < -0.4 is 5.73 Å². The van der Waals surface area contributed by atoms with E-state index in [0.717, 1.165) is 6.42 Å². The Labute approximate surface area is 114 Å². The number of aliphatic hydroxyl groups is 1. The van der Waals surface area contributed by atoms with Gasteiger partial charge in [-0.3, -0.25) is 0 Å². The summed E-state index contributed by atoms with van der Waals surface area (Å²) in [5.41, 5.74) is 6.84. The molecule has 1 aliphatic heterocycles. The molecule has 1 heterocycles. The fourth-order valence-corrected chi connectivity index (χ4v) is 4.26. The number of nitrogen functional groups attached to an aromatic ring is 1. The van der Waals surface area contributed by atoms with Gasteiger partial charge in [0.25, 0.3) is 0 Å². The molecule has 0 aromatic heterocycles. The third kappa shape index (κ3) is 2.91. The molecule has 106 valence electrons. The molecule has 1 fully saturated rings. The van der Waals surface area contributed by atoms with E-state index in [9.17, 15) is 8.42 Å². The zero-order chi connectivity index (χ0) is 14.0. The summed E-state index contributed by atoms with van der Waals surface area (Å²) in [6, 6.07) is 4.94. The van der Waals surface area contributed by atoms with E-state index in [-0.39, 0.29) is 17.4 Å². The predicted octanol–water partition coefficient (Wildman–Crippen LogP) is 0.970. The Morgan fingerprint density at radius 1 is 1.47 bits per heavy atom. The van der Waals surface area contributed by atoms with E-state index in [2.05, 4.69) is 0 Å². The van der Waals surface area contributed by atoms with E-state index in [0.29, 0.717) is 30.8 Å². The van der Waals surface area contributed by atoms with Gasteiger partial charge in [-0.2, -0.15) is 4.31 Å². The maximum atomic E-state index is 12.6. The maximum absolute atomic E-state index is 12.6. The predicted molar refractivity (Wildman–Crippen MR) is 74.2 cm³/mol. The second-order valence-electron chi connectivity index (χ2n) is 5.05. The highest BCUT2D eigenvalue weighted by Gasteiger charge is 2.33. The Balaban J connectivity index is 2.26. The third-order valence-corrected chi connectivity index (χ3v) is 5.62. The number of benzene rings is 1. The van der Waals surface area contributed by atoms with E-state index in [1.807, 2.05) is 0 Å². The maximum Gasteiger partial charge on any atom is 0.243 e. The standard InChI is InChI=1S/C13H20N2O3S/c1-10-2-3-12(14)8-13(10)19(17,18)15-6-4-11(9-15)5-7-16/h2-3,8,11,16H,4-7,9,14H2,1H3. The lowest BCUT2D eigenvalue weighted by Crippen LogP contribution is -2.29. The summed E-state index contributed by atoms with van der Waals surface area (Å²) in [4.78, 5) is 0.289. The van der Waals surface area contributed by atoms with Crippen LogP contribution in [0.5, 0.6) is 0 Å². The second-order valence-corrected chi connectivity index (χ2v) is 6.96. The number of rotatable bonds is 4. The first kappa shape index (κ1) is 14.3. The van der Waals surface area contributed by atoms with Crippen LogP contribution in [0, 0.1) is 12.8 Å². The summed E-state index contributed by atoms with van der Waals surface area (Å²) >= 11 is 0. The average Bonchev–Trinajstić information content (AvgIpc) is 2.82. The Morgan fingerprint density at radius 2 is 2.21 bits per heavy atom. The summed E-state index contributed by atoms with van der Waals surface area (Å²) in [6.07, 6.45) is 1.46. The summed E-state index contributed by atoms with van der Waals surface area (Å²) in [7, 11) is -3.47.